The van der Waals surface area contributed by atoms with E-state index >= 15 is 0 Å². The first kappa shape index (κ1) is 14.1. The number of halogens is 7. The predicted molar refractivity (Wildman–Crippen MR) is 47.4 cm³/mol. The highest BCUT2D eigenvalue weighted by Crippen LogP contribution is 2.42. The molecule has 96 valence electrons. The Bertz CT molecular complexity index is 387. The van der Waals surface area contributed by atoms with Gasteiger partial charge in [-0.05, 0) is 17.7 Å². The summed E-state index contributed by atoms with van der Waals surface area (Å²) < 4.78 is 74.4. The molecule has 0 bridgehead atoms. The number of aliphatic hydroxyl groups excluding tert-OH is 1. The van der Waals surface area contributed by atoms with Crippen LogP contribution in [0, 0.1) is 0 Å². The SMILES string of the molecule is OCc1cc(C(F)(F)F)c(Cl)c(C(F)(F)F)c1. The van der Waals surface area contributed by atoms with E-state index in [9.17, 15) is 26.3 Å². The van der Waals surface area contributed by atoms with Gasteiger partial charge in [0.25, 0.3) is 0 Å². The van der Waals surface area contributed by atoms with E-state index in [4.69, 9.17) is 16.7 Å². The lowest BCUT2D eigenvalue weighted by Gasteiger charge is -2.16. The maximum Gasteiger partial charge on any atom is 0.417 e. The van der Waals surface area contributed by atoms with Gasteiger partial charge in [0.1, 0.15) is 0 Å². The third kappa shape index (κ3) is 3.04. The van der Waals surface area contributed by atoms with E-state index in [0.717, 1.165) is 0 Å². The van der Waals surface area contributed by atoms with Crippen molar-refractivity contribution >= 4 is 11.6 Å². The highest BCUT2D eigenvalue weighted by atomic mass is 35.5. The molecule has 0 unspecified atom stereocenters. The van der Waals surface area contributed by atoms with E-state index in [1.54, 1.807) is 0 Å². The van der Waals surface area contributed by atoms with Crippen molar-refractivity contribution in [2.24, 2.45) is 0 Å². The largest absolute Gasteiger partial charge is 0.417 e. The molecule has 0 fully saturated rings. The standard InChI is InChI=1S/C9H5ClF6O/c10-7-5(8(11,12)13)1-4(3-17)2-6(7)9(14,15)16/h1-2,17H,3H2. The molecule has 17 heavy (non-hydrogen) atoms. The van der Waals surface area contributed by atoms with Crippen molar-refractivity contribution in [2.45, 2.75) is 19.0 Å². The van der Waals surface area contributed by atoms with Gasteiger partial charge in [-0.15, -0.1) is 0 Å². The van der Waals surface area contributed by atoms with Crippen molar-refractivity contribution in [1.82, 2.24) is 0 Å². The van der Waals surface area contributed by atoms with Crippen LogP contribution in [0.3, 0.4) is 0 Å². The van der Waals surface area contributed by atoms with Crippen LogP contribution >= 0.6 is 11.6 Å². The summed E-state index contributed by atoms with van der Waals surface area (Å²) in [6.07, 6.45) is -10.0. The first-order chi connectivity index (χ1) is 7.57. The zero-order valence-corrected chi connectivity index (χ0v) is 8.71. The lowest BCUT2D eigenvalue weighted by Crippen LogP contribution is -2.13. The van der Waals surface area contributed by atoms with Crippen molar-refractivity contribution in [3.63, 3.8) is 0 Å². The average Bonchev–Trinajstić information content (AvgIpc) is 2.14. The van der Waals surface area contributed by atoms with Crippen LogP contribution in [0.4, 0.5) is 26.3 Å². The number of hydrogen-bond acceptors (Lipinski definition) is 1. The van der Waals surface area contributed by atoms with Gasteiger partial charge in [0, 0.05) is 0 Å². The number of rotatable bonds is 1. The van der Waals surface area contributed by atoms with Crippen LogP contribution in [0.2, 0.25) is 5.02 Å². The van der Waals surface area contributed by atoms with Gasteiger partial charge in [-0.3, -0.25) is 0 Å². The molecule has 0 radical (unpaired) electrons. The van der Waals surface area contributed by atoms with Crippen LogP contribution in [0.25, 0.3) is 0 Å². The first-order valence-electron chi connectivity index (χ1n) is 4.15. The average molecular weight is 279 g/mol. The molecule has 1 rings (SSSR count). The molecule has 0 spiro atoms. The number of alkyl halides is 6. The van der Waals surface area contributed by atoms with E-state index in [0.29, 0.717) is 12.1 Å². The van der Waals surface area contributed by atoms with Gasteiger partial charge in [0.05, 0.1) is 22.8 Å². The minimum absolute atomic E-state index is 0.386. The smallest absolute Gasteiger partial charge is 0.392 e. The van der Waals surface area contributed by atoms with E-state index in [2.05, 4.69) is 0 Å². The molecule has 0 saturated heterocycles. The third-order valence-corrected chi connectivity index (χ3v) is 2.33. The summed E-state index contributed by atoms with van der Waals surface area (Å²) in [6.45, 7) is -0.941. The molecule has 0 aromatic heterocycles. The molecule has 1 aromatic rings. The molecule has 1 nitrogen and oxygen atoms in total. The van der Waals surface area contributed by atoms with Gasteiger partial charge >= 0.3 is 12.4 Å². The first-order valence-corrected chi connectivity index (χ1v) is 4.53. The Morgan fingerprint density at radius 3 is 1.53 bits per heavy atom. The molecular weight excluding hydrogens is 274 g/mol. The lowest BCUT2D eigenvalue weighted by molar-refractivity contribution is -0.143. The summed E-state index contributed by atoms with van der Waals surface area (Å²) in [5.74, 6) is 0. The normalized spacial score (nSPS) is 12.9. The topological polar surface area (TPSA) is 20.2 Å². The number of hydrogen-bond donors (Lipinski definition) is 1. The molecule has 0 aliphatic rings. The maximum absolute atomic E-state index is 12.4. The highest BCUT2D eigenvalue weighted by Gasteiger charge is 2.40. The Kier molecular flexibility index (Phi) is 3.63. The predicted octanol–water partition coefficient (Wildman–Crippen LogP) is 3.87. The zero-order valence-electron chi connectivity index (χ0n) is 7.95. The molecule has 0 atom stereocenters. The highest BCUT2D eigenvalue weighted by molar-refractivity contribution is 6.32. The van der Waals surface area contributed by atoms with Gasteiger partial charge in [-0.2, -0.15) is 26.3 Å². The summed E-state index contributed by atoms with van der Waals surface area (Å²) in [5.41, 5.74) is -3.73. The Balaban J connectivity index is 3.53. The quantitative estimate of drug-likeness (QED) is 0.773. The maximum atomic E-state index is 12.4. The minimum atomic E-state index is -5.01. The summed E-state index contributed by atoms with van der Waals surface area (Å²) in [6, 6.07) is 0.773. The number of aliphatic hydroxyl groups is 1. The van der Waals surface area contributed by atoms with Gasteiger partial charge in [0.15, 0.2) is 0 Å². The van der Waals surface area contributed by atoms with E-state index in [-0.39, 0.29) is 0 Å². The van der Waals surface area contributed by atoms with E-state index in [1.165, 1.54) is 0 Å². The van der Waals surface area contributed by atoms with E-state index in [1.807, 2.05) is 0 Å². The van der Waals surface area contributed by atoms with Crippen LogP contribution in [-0.4, -0.2) is 5.11 Å². The summed E-state index contributed by atoms with van der Waals surface area (Å²) >= 11 is 5.09. The Morgan fingerprint density at radius 1 is 0.941 bits per heavy atom. The molecule has 8 heteroatoms. The second kappa shape index (κ2) is 4.38. The second-order valence-corrected chi connectivity index (χ2v) is 3.54. The van der Waals surface area contributed by atoms with Crippen LogP contribution < -0.4 is 0 Å². The van der Waals surface area contributed by atoms with Gasteiger partial charge < -0.3 is 5.11 Å². The van der Waals surface area contributed by atoms with Crippen molar-refractivity contribution in [2.75, 3.05) is 0 Å². The van der Waals surface area contributed by atoms with Crippen LogP contribution in [0.5, 0.6) is 0 Å². The fraction of sp³-hybridized carbons (Fsp3) is 0.333. The molecule has 1 aromatic carbocycles. The van der Waals surface area contributed by atoms with Crippen molar-refractivity contribution in [1.29, 1.82) is 0 Å². The molecular formula is C9H5ClF6O. The summed E-state index contributed by atoms with van der Waals surface area (Å²) in [7, 11) is 0. The summed E-state index contributed by atoms with van der Waals surface area (Å²) in [4.78, 5) is 0. The van der Waals surface area contributed by atoms with Gasteiger partial charge in [0.2, 0.25) is 0 Å². The molecule has 0 heterocycles. The Morgan fingerprint density at radius 2 is 1.29 bits per heavy atom. The third-order valence-electron chi connectivity index (χ3n) is 1.93. The van der Waals surface area contributed by atoms with Crippen molar-refractivity contribution in [3.8, 4) is 0 Å². The van der Waals surface area contributed by atoms with Crippen LogP contribution in [0.15, 0.2) is 12.1 Å². The van der Waals surface area contributed by atoms with Crippen molar-refractivity contribution < 1.29 is 31.4 Å². The Labute approximate surface area is 96.6 Å². The summed E-state index contributed by atoms with van der Waals surface area (Å²) in [5, 5.41) is 7.22. The van der Waals surface area contributed by atoms with Crippen LogP contribution in [0.1, 0.15) is 16.7 Å². The molecule has 1 N–H and O–H groups in total. The minimum Gasteiger partial charge on any atom is -0.392 e. The monoisotopic (exact) mass is 278 g/mol. The zero-order chi connectivity index (χ0) is 13.4. The van der Waals surface area contributed by atoms with Gasteiger partial charge in [-0.1, -0.05) is 11.6 Å². The van der Waals surface area contributed by atoms with E-state index < -0.39 is 40.7 Å². The fourth-order valence-electron chi connectivity index (χ4n) is 1.19. The Hall–Kier alpha value is -0.950. The number of benzene rings is 1. The lowest BCUT2D eigenvalue weighted by atomic mass is 10.0. The molecule has 0 amide bonds. The second-order valence-electron chi connectivity index (χ2n) is 3.16. The van der Waals surface area contributed by atoms with Gasteiger partial charge in [-0.25, -0.2) is 0 Å². The molecule has 0 saturated carbocycles. The van der Waals surface area contributed by atoms with Crippen LogP contribution in [-0.2, 0) is 19.0 Å². The molecule has 0 aliphatic heterocycles. The van der Waals surface area contributed by atoms with Crippen molar-refractivity contribution in [3.05, 3.63) is 33.8 Å². The molecule has 0 aliphatic carbocycles. The fourth-order valence-corrected chi connectivity index (χ4v) is 1.51.